The quantitative estimate of drug-likeness (QED) is 0.882. The lowest BCUT2D eigenvalue weighted by Gasteiger charge is -2.18. The van der Waals surface area contributed by atoms with Gasteiger partial charge in [0.2, 0.25) is 5.16 Å². The van der Waals surface area contributed by atoms with E-state index in [9.17, 15) is 4.79 Å². The second kappa shape index (κ2) is 5.89. The summed E-state index contributed by atoms with van der Waals surface area (Å²) in [5.74, 6) is 7.02. The van der Waals surface area contributed by atoms with Crippen LogP contribution in [0.25, 0.3) is 11.4 Å². The van der Waals surface area contributed by atoms with Gasteiger partial charge in [-0.1, -0.05) is 48.0 Å². The Morgan fingerprint density at radius 2 is 2.00 bits per heavy atom. The lowest BCUT2D eigenvalue weighted by Crippen LogP contribution is -2.22. The van der Waals surface area contributed by atoms with Crippen LogP contribution in [-0.4, -0.2) is 25.9 Å². The van der Waals surface area contributed by atoms with Crippen molar-refractivity contribution >= 4 is 17.5 Å². The van der Waals surface area contributed by atoms with Crippen molar-refractivity contribution in [1.82, 2.24) is 14.9 Å². The number of hydrogen-bond acceptors (Lipinski definition) is 5. The zero-order valence-corrected chi connectivity index (χ0v) is 12.8. The molecule has 110 valence electrons. The van der Waals surface area contributed by atoms with Crippen LogP contribution in [0.1, 0.15) is 31.2 Å². The standard InChI is InChI=1S/C15H18N4OS/c1-10-6-8-11(9-7-10)14-17-18-15(19(14)16)21-13-5-3-2-4-12(13)20/h6-9,13H,2-5,16H2,1H3/t13-/m0/s1. The molecule has 5 nitrogen and oxygen atoms in total. The largest absolute Gasteiger partial charge is 0.335 e. The maximum atomic E-state index is 11.9. The average molecular weight is 302 g/mol. The third kappa shape index (κ3) is 2.95. The van der Waals surface area contributed by atoms with Crippen molar-refractivity contribution in [3.05, 3.63) is 29.8 Å². The normalized spacial score (nSPS) is 18.9. The molecular formula is C15H18N4OS. The number of thioether (sulfide) groups is 1. The van der Waals surface area contributed by atoms with Crippen molar-refractivity contribution in [2.45, 2.75) is 43.0 Å². The van der Waals surface area contributed by atoms with Crippen LogP contribution in [0.5, 0.6) is 0 Å². The number of nitrogens with zero attached hydrogens (tertiary/aromatic N) is 3. The van der Waals surface area contributed by atoms with E-state index in [1.54, 1.807) is 0 Å². The molecule has 2 aromatic rings. The highest BCUT2D eigenvalue weighted by Crippen LogP contribution is 2.31. The van der Waals surface area contributed by atoms with Crippen LogP contribution in [0.4, 0.5) is 0 Å². The molecular weight excluding hydrogens is 284 g/mol. The summed E-state index contributed by atoms with van der Waals surface area (Å²) in [6.45, 7) is 2.03. The minimum absolute atomic E-state index is 0.0314. The number of ketones is 1. The van der Waals surface area contributed by atoms with Gasteiger partial charge in [-0.3, -0.25) is 4.79 Å². The lowest BCUT2D eigenvalue weighted by atomic mass is 9.99. The maximum Gasteiger partial charge on any atom is 0.210 e. The minimum Gasteiger partial charge on any atom is -0.335 e. The Kier molecular flexibility index (Phi) is 3.96. The molecule has 21 heavy (non-hydrogen) atoms. The molecule has 1 fully saturated rings. The molecule has 1 heterocycles. The zero-order chi connectivity index (χ0) is 14.8. The first-order chi connectivity index (χ1) is 10.1. The number of carbonyl (C=O) groups excluding carboxylic acids is 1. The number of benzene rings is 1. The van der Waals surface area contributed by atoms with E-state index >= 15 is 0 Å². The Hall–Kier alpha value is -1.82. The number of rotatable bonds is 3. The third-order valence-electron chi connectivity index (χ3n) is 3.72. The first kappa shape index (κ1) is 14.1. The summed E-state index contributed by atoms with van der Waals surface area (Å²) < 4.78 is 1.48. The predicted octanol–water partition coefficient (Wildman–Crippen LogP) is 2.57. The van der Waals surface area contributed by atoms with E-state index in [2.05, 4.69) is 10.2 Å². The zero-order valence-electron chi connectivity index (χ0n) is 12.0. The highest BCUT2D eigenvalue weighted by atomic mass is 32.2. The molecule has 0 radical (unpaired) electrons. The molecule has 1 aromatic heterocycles. The monoisotopic (exact) mass is 302 g/mol. The number of nitrogens with two attached hydrogens (primary N) is 1. The maximum absolute atomic E-state index is 11.9. The highest BCUT2D eigenvalue weighted by Gasteiger charge is 2.25. The van der Waals surface area contributed by atoms with Crippen LogP contribution in [0.15, 0.2) is 29.4 Å². The topological polar surface area (TPSA) is 73.8 Å². The number of aryl methyl sites for hydroxylation is 1. The molecule has 3 rings (SSSR count). The summed E-state index contributed by atoms with van der Waals surface area (Å²) >= 11 is 1.43. The van der Waals surface area contributed by atoms with Gasteiger partial charge in [0.15, 0.2) is 5.82 Å². The van der Waals surface area contributed by atoms with Crippen LogP contribution < -0.4 is 5.84 Å². The highest BCUT2D eigenvalue weighted by molar-refractivity contribution is 8.00. The molecule has 1 aliphatic carbocycles. The molecule has 0 aliphatic heterocycles. The van der Waals surface area contributed by atoms with Crippen LogP contribution in [0, 0.1) is 6.92 Å². The Bertz CT molecular complexity index is 650. The Morgan fingerprint density at radius 3 is 2.71 bits per heavy atom. The van der Waals surface area contributed by atoms with Gasteiger partial charge in [-0.25, -0.2) is 4.68 Å². The van der Waals surface area contributed by atoms with Crippen LogP contribution >= 0.6 is 11.8 Å². The van der Waals surface area contributed by atoms with Crippen LogP contribution in [0.2, 0.25) is 0 Å². The molecule has 0 saturated heterocycles. The fourth-order valence-electron chi connectivity index (χ4n) is 2.46. The Labute approximate surface area is 127 Å². The smallest absolute Gasteiger partial charge is 0.210 e. The Balaban J connectivity index is 1.82. The summed E-state index contributed by atoms with van der Waals surface area (Å²) in [6.07, 6.45) is 3.66. The van der Waals surface area contributed by atoms with Crippen molar-refractivity contribution in [3.8, 4) is 11.4 Å². The summed E-state index contributed by atoms with van der Waals surface area (Å²) in [5, 5.41) is 8.88. The van der Waals surface area contributed by atoms with E-state index < -0.39 is 0 Å². The van der Waals surface area contributed by atoms with Gasteiger partial charge in [0.05, 0.1) is 5.25 Å². The second-order valence-electron chi connectivity index (χ2n) is 5.36. The van der Waals surface area contributed by atoms with Gasteiger partial charge >= 0.3 is 0 Å². The number of nitrogen functional groups attached to an aromatic ring is 1. The van der Waals surface area contributed by atoms with Gasteiger partial charge in [-0.15, -0.1) is 10.2 Å². The van der Waals surface area contributed by atoms with Crippen molar-refractivity contribution in [2.24, 2.45) is 0 Å². The van der Waals surface area contributed by atoms with E-state index in [0.29, 0.717) is 23.2 Å². The number of carbonyl (C=O) groups is 1. The first-order valence-corrected chi connectivity index (χ1v) is 8.00. The number of Topliss-reactive ketones (excluding diaryl/α,β-unsaturated/α-hetero) is 1. The first-order valence-electron chi connectivity index (χ1n) is 7.12. The summed E-state index contributed by atoms with van der Waals surface area (Å²) in [6, 6.07) is 7.98. The molecule has 0 unspecified atom stereocenters. The van der Waals surface area contributed by atoms with E-state index in [1.807, 2.05) is 31.2 Å². The predicted molar refractivity (Wildman–Crippen MR) is 83.5 cm³/mol. The fraction of sp³-hybridized carbons (Fsp3) is 0.400. The van der Waals surface area contributed by atoms with Crippen molar-refractivity contribution < 1.29 is 4.79 Å². The molecule has 0 spiro atoms. The van der Waals surface area contributed by atoms with E-state index in [0.717, 1.165) is 24.8 Å². The summed E-state index contributed by atoms with van der Waals surface area (Å²) in [5.41, 5.74) is 2.11. The van der Waals surface area contributed by atoms with Gasteiger partial charge in [0.1, 0.15) is 5.78 Å². The molecule has 0 bridgehead atoms. The van der Waals surface area contributed by atoms with Gasteiger partial charge in [-0.2, -0.15) is 0 Å². The molecule has 6 heteroatoms. The van der Waals surface area contributed by atoms with Crippen LogP contribution in [0.3, 0.4) is 0 Å². The van der Waals surface area contributed by atoms with E-state index in [-0.39, 0.29) is 5.25 Å². The van der Waals surface area contributed by atoms with Gasteiger partial charge in [0.25, 0.3) is 0 Å². The lowest BCUT2D eigenvalue weighted by molar-refractivity contribution is -0.119. The molecule has 2 N–H and O–H groups in total. The van der Waals surface area contributed by atoms with Crippen molar-refractivity contribution in [3.63, 3.8) is 0 Å². The molecule has 1 saturated carbocycles. The van der Waals surface area contributed by atoms with Gasteiger partial charge in [0, 0.05) is 12.0 Å². The third-order valence-corrected chi connectivity index (χ3v) is 4.99. The average Bonchev–Trinajstić information content (AvgIpc) is 2.84. The fourth-order valence-corrected chi connectivity index (χ4v) is 3.54. The molecule has 1 aromatic carbocycles. The molecule has 0 amide bonds. The Morgan fingerprint density at radius 1 is 1.24 bits per heavy atom. The van der Waals surface area contributed by atoms with Crippen LogP contribution in [-0.2, 0) is 4.79 Å². The number of aromatic nitrogens is 3. The SMILES string of the molecule is Cc1ccc(-c2nnc(S[C@H]3CCCCC3=O)n2N)cc1. The van der Waals surface area contributed by atoms with E-state index in [1.165, 1.54) is 22.0 Å². The van der Waals surface area contributed by atoms with Crippen molar-refractivity contribution in [1.29, 1.82) is 0 Å². The van der Waals surface area contributed by atoms with E-state index in [4.69, 9.17) is 5.84 Å². The van der Waals surface area contributed by atoms with Gasteiger partial charge in [-0.05, 0) is 19.8 Å². The second-order valence-corrected chi connectivity index (χ2v) is 6.53. The minimum atomic E-state index is -0.0314. The number of hydrogen-bond donors (Lipinski definition) is 1. The summed E-state index contributed by atoms with van der Waals surface area (Å²) in [4.78, 5) is 11.9. The molecule has 1 aliphatic rings. The summed E-state index contributed by atoms with van der Waals surface area (Å²) in [7, 11) is 0. The van der Waals surface area contributed by atoms with Gasteiger partial charge < -0.3 is 5.84 Å². The van der Waals surface area contributed by atoms with Crippen molar-refractivity contribution in [2.75, 3.05) is 5.84 Å². The molecule has 1 atom stereocenters.